The molecular weight excluding hydrogens is 308 g/mol. The van der Waals surface area contributed by atoms with Crippen molar-refractivity contribution in [1.82, 2.24) is 9.55 Å². The van der Waals surface area contributed by atoms with E-state index in [1.807, 2.05) is 0 Å². The lowest BCUT2D eigenvalue weighted by Crippen LogP contribution is -2.31. The van der Waals surface area contributed by atoms with Gasteiger partial charge in [-0.05, 0) is 36.4 Å². The molecular formula is C17H16N4O3. The van der Waals surface area contributed by atoms with Crippen molar-refractivity contribution < 1.29 is 4.79 Å². The molecule has 0 radical (unpaired) electrons. The summed E-state index contributed by atoms with van der Waals surface area (Å²) in [6.07, 6.45) is 0.0975. The fourth-order valence-electron chi connectivity index (χ4n) is 2.47. The van der Waals surface area contributed by atoms with Crippen LogP contribution in [-0.4, -0.2) is 15.5 Å². The maximum Gasteiger partial charge on any atom is 0.328 e. The largest absolute Gasteiger partial charge is 0.399 e. The molecule has 0 saturated heterocycles. The van der Waals surface area contributed by atoms with Gasteiger partial charge < -0.3 is 11.1 Å². The van der Waals surface area contributed by atoms with Crippen molar-refractivity contribution in [3.8, 4) is 0 Å². The Morgan fingerprint density at radius 3 is 2.54 bits per heavy atom. The number of nitrogen functional groups attached to an aromatic ring is 1. The summed E-state index contributed by atoms with van der Waals surface area (Å²) in [5.41, 5.74) is 6.38. The first-order valence-electron chi connectivity index (χ1n) is 7.42. The van der Waals surface area contributed by atoms with Gasteiger partial charge in [0.1, 0.15) is 0 Å². The highest BCUT2D eigenvalue weighted by Gasteiger charge is 2.09. The van der Waals surface area contributed by atoms with Crippen LogP contribution in [0, 0.1) is 0 Å². The zero-order chi connectivity index (χ0) is 17.1. The van der Waals surface area contributed by atoms with Crippen molar-refractivity contribution >= 4 is 28.2 Å². The number of aryl methyl sites for hydroxylation is 1. The Labute approximate surface area is 136 Å². The third kappa shape index (κ3) is 3.19. The Morgan fingerprint density at radius 1 is 1.08 bits per heavy atom. The van der Waals surface area contributed by atoms with E-state index in [0.29, 0.717) is 22.3 Å². The summed E-state index contributed by atoms with van der Waals surface area (Å²) in [7, 11) is 0. The number of aromatic nitrogens is 2. The lowest BCUT2D eigenvalue weighted by molar-refractivity contribution is -0.116. The predicted octanol–water partition coefficient (Wildman–Crippen LogP) is 1.30. The Hall–Kier alpha value is -3.35. The Kier molecular flexibility index (Phi) is 4.15. The van der Waals surface area contributed by atoms with E-state index < -0.39 is 11.2 Å². The number of rotatable bonds is 4. The Balaban J connectivity index is 1.78. The SMILES string of the molecule is Nc1ccc(NC(=O)CCn2c(=O)[nH]c(=O)c3ccccc32)cc1. The van der Waals surface area contributed by atoms with Gasteiger partial charge in [-0.1, -0.05) is 12.1 Å². The van der Waals surface area contributed by atoms with Crippen molar-refractivity contribution in [3.63, 3.8) is 0 Å². The summed E-state index contributed by atoms with van der Waals surface area (Å²) in [6, 6.07) is 13.6. The first-order valence-corrected chi connectivity index (χ1v) is 7.42. The van der Waals surface area contributed by atoms with Gasteiger partial charge in [0, 0.05) is 24.3 Å². The minimum Gasteiger partial charge on any atom is -0.399 e. The van der Waals surface area contributed by atoms with Gasteiger partial charge in [-0.25, -0.2) is 4.79 Å². The molecule has 3 aromatic rings. The highest BCUT2D eigenvalue weighted by molar-refractivity contribution is 5.90. The molecule has 0 spiro atoms. The molecule has 7 nitrogen and oxygen atoms in total. The summed E-state index contributed by atoms with van der Waals surface area (Å²) in [5.74, 6) is -0.234. The van der Waals surface area contributed by atoms with Crippen LogP contribution in [0.4, 0.5) is 11.4 Å². The lowest BCUT2D eigenvalue weighted by atomic mass is 10.2. The monoisotopic (exact) mass is 324 g/mol. The van der Waals surface area contributed by atoms with Gasteiger partial charge in [-0.2, -0.15) is 0 Å². The maximum absolute atomic E-state index is 12.1. The second-order valence-corrected chi connectivity index (χ2v) is 5.35. The van der Waals surface area contributed by atoms with Crippen molar-refractivity contribution in [2.45, 2.75) is 13.0 Å². The number of fused-ring (bicyclic) bond motifs is 1. The number of carbonyl (C=O) groups excluding carboxylic acids is 1. The van der Waals surface area contributed by atoms with E-state index in [1.54, 1.807) is 48.5 Å². The third-order valence-corrected chi connectivity index (χ3v) is 3.66. The minimum atomic E-state index is -0.529. The number of amides is 1. The molecule has 0 atom stereocenters. The van der Waals surface area contributed by atoms with E-state index in [2.05, 4.69) is 10.3 Å². The number of H-pyrrole nitrogens is 1. The first-order chi connectivity index (χ1) is 11.5. The van der Waals surface area contributed by atoms with Crippen molar-refractivity contribution in [1.29, 1.82) is 0 Å². The van der Waals surface area contributed by atoms with Gasteiger partial charge in [0.05, 0.1) is 10.9 Å². The fraction of sp³-hybridized carbons (Fsp3) is 0.118. The van der Waals surface area contributed by atoms with Gasteiger partial charge in [-0.15, -0.1) is 0 Å². The molecule has 0 saturated carbocycles. The number of aromatic amines is 1. The highest BCUT2D eigenvalue weighted by Crippen LogP contribution is 2.11. The van der Waals surface area contributed by atoms with Crippen LogP contribution >= 0.6 is 0 Å². The van der Waals surface area contributed by atoms with Crippen LogP contribution in [0.25, 0.3) is 10.9 Å². The zero-order valence-electron chi connectivity index (χ0n) is 12.8. The zero-order valence-corrected chi connectivity index (χ0v) is 12.8. The molecule has 3 rings (SSSR count). The standard InChI is InChI=1S/C17H16N4O3/c18-11-5-7-12(8-6-11)19-15(22)9-10-21-14-4-2-1-3-13(14)16(23)20-17(21)24/h1-8H,9-10,18H2,(H,19,22)(H,20,23,24). The van der Waals surface area contributed by atoms with Crippen LogP contribution in [0.5, 0.6) is 0 Å². The fourth-order valence-corrected chi connectivity index (χ4v) is 2.47. The smallest absolute Gasteiger partial charge is 0.328 e. The molecule has 7 heteroatoms. The van der Waals surface area contributed by atoms with Crippen molar-refractivity contribution in [2.24, 2.45) is 0 Å². The van der Waals surface area contributed by atoms with Crippen LogP contribution in [0.15, 0.2) is 58.1 Å². The molecule has 0 bridgehead atoms. The van der Waals surface area contributed by atoms with Gasteiger partial charge in [-0.3, -0.25) is 19.1 Å². The number of benzene rings is 2. The van der Waals surface area contributed by atoms with Gasteiger partial charge in [0.2, 0.25) is 5.91 Å². The summed E-state index contributed by atoms with van der Waals surface area (Å²) < 4.78 is 1.39. The van der Waals surface area contributed by atoms with Crippen molar-refractivity contribution in [3.05, 3.63) is 69.4 Å². The summed E-state index contributed by atoms with van der Waals surface area (Å²) in [6.45, 7) is 0.164. The number of nitrogens with one attached hydrogen (secondary N) is 2. The number of para-hydroxylation sites is 1. The van der Waals surface area contributed by atoms with E-state index in [-0.39, 0.29) is 18.9 Å². The van der Waals surface area contributed by atoms with E-state index in [4.69, 9.17) is 5.73 Å². The third-order valence-electron chi connectivity index (χ3n) is 3.66. The number of hydrogen-bond acceptors (Lipinski definition) is 4. The van der Waals surface area contributed by atoms with Crippen LogP contribution < -0.4 is 22.3 Å². The van der Waals surface area contributed by atoms with Gasteiger partial charge >= 0.3 is 5.69 Å². The lowest BCUT2D eigenvalue weighted by Gasteiger charge is -2.10. The molecule has 2 aromatic carbocycles. The van der Waals surface area contributed by atoms with E-state index in [0.717, 1.165) is 0 Å². The summed E-state index contributed by atoms with van der Waals surface area (Å²) >= 11 is 0. The van der Waals surface area contributed by atoms with Gasteiger partial charge in [0.15, 0.2) is 0 Å². The molecule has 0 fully saturated rings. The molecule has 1 amide bonds. The molecule has 24 heavy (non-hydrogen) atoms. The second-order valence-electron chi connectivity index (χ2n) is 5.35. The average molecular weight is 324 g/mol. The minimum absolute atomic E-state index is 0.0975. The quantitative estimate of drug-likeness (QED) is 0.628. The average Bonchev–Trinajstić information content (AvgIpc) is 2.57. The predicted molar refractivity (Wildman–Crippen MR) is 92.9 cm³/mol. The van der Waals surface area contributed by atoms with Crippen LogP contribution in [0.2, 0.25) is 0 Å². The van der Waals surface area contributed by atoms with E-state index in [1.165, 1.54) is 4.57 Å². The van der Waals surface area contributed by atoms with Crippen molar-refractivity contribution in [2.75, 3.05) is 11.1 Å². The van der Waals surface area contributed by atoms with E-state index in [9.17, 15) is 14.4 Å². The Morgan fingerprint density at radius 2 is 1.79 bits per heavy atom. The summed E-state index contributed by atoms with van der Waals surface area (Å²) in [4.78, 5) is 38.1. The topological polar surface area (TPSA) is 110 Å². The number of hydrogen-bond donors (Lipinski definition) is 3. The van der Waals surface area contributed by atoms with Crippen LogP contribution in [0.1, 0.15) is 6.42 Å². The first kappa shape index (κ1) is 15.5. The number of nitrogens with zero attached hydrogens (tertiary/aromatic N) is 1. The number of carbonyl (C=O) groups is 1. The normalized spacial score (nSPS) is 10.7. The molecule has 1 aromatic heterocycles. The molecule has 0 aliphatic rings. The summed E-state index contributed by atoms with van der Waals surface area (Å²) in [5, 5.41) is 3.15. The molecule has 0 unspecified atom stereocenters. The highest BCUT2D eigenvalue weighted by atomic mass is 16.2. The van der Waals surface area contributed by atoms with E-state index >= 15 is 0 Å². The number of anilines is 2. The molecule has 122 valence electrons. The number of nitrogens with two attached hydrogens (primary N) is 1. The molecule has 4 N–H and O–H groups in total. The van der Waals surface area contributed by atoms with Crippen LogP contribution in [0.3, 0.4) is 0 Å². The molecule has 1 heterocycles. The Bertz CT molecular complexity index is 1000. The van der Waals surface area contributed by atoms with Crippen LogP contribution in [-0.2, 0) is 11.3 Å². The van der Waals surface area contributed by atoms with Gasteiger partial charge in [0.25, 0.3) is 5.56 Å². The molecule has 0 aliphatic heterocycles. The molecule has 0 aliphatic carbocycles. The second kappa shape index (κ2) is 6.41. The maximum atomic E-state index is 12.1.